The molecule has 1 N–H and O–H groups in total. The molecule has 3 rings (SSSR count). The smallest absolute Gasteiger partial charge is 0.123 e. The van der Waals surface area contributed by atoms with Crippen molar-refractivity contribution in [3.63, 3.8) is 0 Å². The second-order valence-electron chi connectivity index (χ2n) is 5.32. The number of aliphatic hydroxyl groups excluding tert-OH is 1. The third-order valence-electron chi connectivity index (χ3n) is 3.64. The number of hydrogen-bond acceptors (Lipinski definition) is 3. The summed E-state index contributed by atoms with van der Waals surface area (Å²) in [6.07, 6.45) is 1.68. The van der Waals surface area contributed by atoms with Crippen LogP contribution in [0.25, 0.3) is 0 Å². The first-order valence-corrected chi connectivity index (χ1v) is 7.79. The zero-order valence-electron chi connectivity index (χ0n) is 11.4. The summed E-state index contributed by atoms with van der Waals surface area (Å²) in [7, 11) is 0. The summed E-state index contributed by atoms with van der Waals surface area (Å²) in [5.74, 6) is -0.295. The second kappa shape index (κ2) is 5.54. The molecule has 0 radical (unpaired) electrons. The summed E-state index contributed by atoms with van der Waals surface area (Å²) >= 11 is 1.73. The lowest BCUT2D eigenvalue weighted by Gasteiger charge is -2.27. The van der Waals surface area contributed by atoms with Crippen molar-refractivity contribution >= 4 is 17.0 Å². The van der Waals surface area contributed by atoms with Gasteiger partial charge in [-0.2, -0.15) is 0 Å². The minimum Gasteiger partial charge on any atom is -0.389 e. The van der Waals surface area contributed by atoms with E-state index in [1.54, 1.807) is 24.3 Å². The van der Waals surface area contributed by atoms with Crippen LogP contribution in [0.3, 0.4) is 0 Å². The minimum absolute atomic E-state index is 0.295. The Hall–Kier alpha value is -1.39. The van der Waals surface area contributed by atoms with Gasteiger partial charge in [-0.3, -0.25) is 0 Å². The fourth-order valence-electron chi connectivity index (χ4n) is 2.49. The number of rotatable bonds is 5. The van der Waals surface area contributed by atoms with E-state index < -0.39 is 6.10 Å². The van der Waals surface area contributed by atoms with Gasteiger partial charge in [0, 0.05) is 22.2 Å². The van der Waals surface area contributed by atoms with E-state index in [-0.39, 0.29) is 5.82 Å². The Morgan fingerprint density at radius 3 is 2.80 bits per heavy atom. The SMILES string of the molecule is CC(O)c1cc(F)ccc1N(Cc1cccs1)C1CC1. The van der Waals surface area contributed by atoms with Crippen LogP contribution < -0.4 is 4.90 Å². The Kier molecular flexibility index (Phi) is 3.76. The van der Waals surface area contributed by atoms with E-state index in [2.05, 4.69) is 16.3 Å². The van der Waals surface area contributed by atoms with Crippen LogP contribution in [0.5, 0.6) is 0 Å². The first kappa shape index (κ1) is 13.6. The summed E-state index contributed by atoms with van der Waals surface area (Å²) in [5.41, 5.74) is 1.63. The maximum Gasteiger partial charge on any atom is 0.123 e. The van der Waals surface area contributed by atoms with Gasteiger partial charge in [0.2, 0.25) is 0 Å². The quantitative estimate of drug-likeness (QED) is 0.896. The Morgan fingerprint density at radius 2 is 2.20 bits per heavy atom. The van der Waals surface area contributed by atoms with Crippen LogP contribution in [-0.2, 0) is 6.54 Å². The van der Waals surface area contributed by atoms with Crippen molar-refractivity contribution in [3.05, 3.63) is 52.0 Å². The van der Waals surface area contributed by atoms with Crippen LogP contribution >= 0.6 is 11.3 Å². The molecule has 2 nitrogen and oxygen atoms in total. The van der Waals surface area contributed by atoms with Gasteiger partial charge in [0.15, 0.2) is 0 Å². The van der Waals surface area contributed by atoms with Gasteiger partial charge in [0.25, 0.3) is 0 Å². The topological polar surface area (TPSA) is 23.5 Å². The highest BCUT2D eigenvalue weighted by Crippen LogP contribution is 2.37. The molecule has 0 amide bonds. The lowest BCUT2D eigenvalue weighted by Crippen LogP contribution is -2.26. The second-order valence-corrected chi connectivity index (χ2v) is 6.35. The fourth-order valence-corrected chi connectivity index (χ4v) is 3.19. The van der Waals surface area contributed by atoms with Crippen LogP contribution in [-0.4, -0.2) is 11.1 Å². The Morgan fingerprint density at radius 1 is 1.40 bits per heavy atom. The van der Waals surface area contributed by atoms with E-state index >= 15 is 0 Å². The molecular weight excluding hydrogens is 273 g/mol. The van der Waals surface area contributed by atoms with E-state index in [1.165, 1.54) is 29.9 Å². The van der Waals surface area contributed by atoms with Gasteiger partial charge in [-0.05, 0) is 49.4 Å². The number of benzene rings is 1. The first-order valence-electron chi connectivity index (χ1n) is 6.91. The third kappa shape index (κ3) is 2.86. The van der Waals surface area contributed by atoms with E-state index in [1.807, 2.05) is 6.07 Å². The predicted octanol–water partition coefficient (Wildman–Crippen LogP) is 4.11. The largest absolute Gasteiger partial charge is 0.389 e. The van der Waals surface area contributed by atoms with Crippen molar-refractivity contribution in [2.45, 2.75) is 38.5 Å². The van der Waals surface area contributed by atoms with Crippen LogP contribution in [0.1, 0.15) is 36.3 Å². The molecule has 1 atom stereocenters. The number of thiophene rings is 1. The van der Waals surface area contributed by atoms with E-state index in [4.69, 9.17) is 0 Å². The average Bonchev–Trinajstić information content (AvgIpc) is 3.13. The van der Waals surface area contributed by atoms with Crippen molar-refractivity contribution in [1.29, 1.82) is 0 Å². The number of anilines is 1. The van der Waals surface area contributed by atoms with Crippen molar-refractivity contribution < 1.29 is 9.50 Å². The number of nitrogens with zero attached hydrogens (tertiary/aromatic N) is 1. The number of hydrogen-bond donors (Lipinski definition) is 1. The zero-order chi connectivity index (χ0) is 14.1. The summed E-state index contributed by atoms with van der Waals surface area (Å²) in [6, 6.07) is 9.40. The monoisotopic (exact) mass is 291 g/mol. The van der Waals surface area contributed by atoms with Gasteiger partial charge in [0.05, 0.1) is 12.6 Å². The fraction of sp³-hybridized carbons (Fsp3) is 0.375. The number of halogens is 1. The van der Waals surface area contributed by atoms with Crippen molar-refractivity contribution in [2.24, 2.45) is 0 Å². The molecule has 0 bridgehead atoms. The maximum atomic E-state index is 13.4. The van der Waals surface area contributed by atoms with Crippen LogP contribution in [0.2, 0.25) is 0 Å². The van der Waals surface area contributed by atoms with E-state index in [0.29, 0.717) is 11.6 Å². The minimum atomic E-state index is -0.662. The van der Waals surface area contributed by atoms with Crippen LogP contribution in [0, 0.1) is 5.82 Å². The van der Waals surface area contributed by atoms with Crippen molar-refractivity contribution in [1.82, 2.24) is 0 Å². The highest BCUT2D eigenvalue weighted by molar-refractivity contribution is 7.09. The maximum absolute atomic E-state index is 13.4. The molecule has 1 aliphatic rings. The molecule has 1 saturated carbocycles. The molecule has 1 fully saturated rings. The zero-order valence-corrected chi connectivity index (χ0v) is 12.2. The van der Waals surface area contributed by atoms with Gasteiger partial charge < -0.3 is 10.0 Å². The molecule has 4 heteroatoms. The Bertz CT molecular complexity index is 578. The summed E-state index contributed by atoms with van der Waals surface area (Å²) in [6.45, 7) is 2.52. The summed E-state index contributed by atoms with van der Waals surface area (Å²) in [5, 5.41) is 12.0. The van der Waals surface area contributed by atoms with Crippen molar-refractivity contribution in [2.75, 3.05) is 4.90 Å². The van der Waals surface area contributed by atoms with Crippen molar-refractivity contribution in [3.8, 4) is 0 Å². The standard InChI is InChI=1S/C16H18FNOS/c1-11(19)15-9-12(17)4-7-16(15)18(13-5-6-13)10-14-3-2-8-20-14/h2-4,7-9,11,13,19H,5-6,10H2,1H3. The summed E-state index contributed by atoms with van der Waals surface area (Å²) < 4.78 is 13.4. The van der Waals surface area contributed by atoms with Gasteiger partial charge >= 0.3 is 0 Å². The lowest BCUT2D eigenvalue weighted by molar-refractivity contribution is 0.199. The molecular formula is C16H18FNOS. The Labute approximate surface area is 122 Å². The van der Waals surface area contributed by atoms with Gasteiger partial charge in [-0.1, -0.05) is 6.07 Å². The highest BCUT2D eigenvalue weighted by Gasteiger charge is 2.31. The van der Waals surface area contributed by atoms with Gasteiger partial charge in [-0.25, -0.2) is 4.39 Å². The third-order valence-corrected chi connectivity index (χ3v) is 4.50. The molecule has 1 aliphatic carbocycles. The van der Waals surface area contributed by atoms with Gasteiger partial charge in [0.1, 0.15) is 5.82 Å². The molecule has 1 heterocycles. The average molecular weight is 291 g/mol. The number of aliphatic hydroxyl groups is 1. The molecule has 1 aromatic carbocycles. The normalized spacial score (nSPS) is 16.1. The Balaban J connectivity index is 1.95. The lowest BCUT2D eigenvalue weighted by atomic mass is 10.1. The van der Waals surface area contributed by atoms with Gasteiger partial charge in [-0.15, -0.1) is 11.3 Å². The van der Waals surface area contributed by atoms with Crippen LogP contribution in [0.4, 0.5) is 10.1 Å². The molecule has 2 aromatic rings. The molecule has 0 spiro atoms. The van der Waals surface area contributed by atoms with Crippen LogP contribution in [0.15, 0.2) is 35.7 Å². The predicted molar refractivity (Wildman–Crippen MR) is 80.6 cm³/mol. The summed E-state index contributed by atoms with van der Waals surface area (Å²) in [4.78, 5) is 3.59. The first-order chi connectivity index (χ1) is 9.65. The molecule has 1 unspecified atom stereocenters. The molecule has 106 valence electrons. The molecule has 20 heavy (non-hydrogen) atoms. The molecule has 1 aromatic heterocycles. The van der Waals surface area contributed by atoms with E-state index in [0.717, 1.165) is 12.2 Å². The molecule has 0 aliphatic heterocycles. The highest BCUT2D eigenvalue weighted by atomic mass is 32.1. The van der Waals surface area contributed by atoms with E-state index in [9.17, 15) is 9.50 Å². The molecule has 0 saturated heterocycles.